The molecule has 2 fully saturated rings. The van der Waals surface area contributed by atoms with Crippen LogP contribution in [0.4, 0.5) is 5.82 Å². The molecular weight excluding hydrogens is 300 g/mol. The van der Waals surface area contributed by atoms with E-state index in [1.54, 1.807) is 6.20 Å². The minimum Gasteiger partial charge on any atom is -0.353 e. The summed E-state index contributed by atoms with van der Waals surface area (Å²) in [5, 5.41) is 0.692. The molecule has 3 heterocycles. The smallest absolute Gasteiger partial charge is 0.239 e. The van der Waals surface area contributed by atoms with Crippen molar-refractivity contribution in [3.8, 4) is 0 Å². The Morgan fingerprint density at radius 3 is 2.50 bits per heavy atom. The quantitative estimate of drug-likeness (QED) is 0.851. The molecule has 0 aromatic carbocycles. The van der Waals surface area contributed by atoms with Crippen LogP contribution in [0.2, 0.25) is 5.02 Å². The van der Waals surface area contributed by atoms with Gasteiger partial charge in [-0.3, -0.25) is 9.69 Å². The number of hydrogen-bond acceptors (Lipinski definition) is 4. The third kappa shape index (κ3) is 3.20. The van der Waals surface area contributed by atoms with Crippen LogP contribution in [-0.2, 0) is 4.79 Å². The average molecular weight is 323 g/mol. The standard InChI is InChI=1S/C16H23ClN4O/c1-13(16(22)21-7-2-3-8-21)19-9-11-20(12-10-19)15-14(17)5-4-6-18-15/h4-6,13H,2-3,7-12H2,1H3. The Kier molecular flexibility index (Phi) is 4.84. The first-order valence-electron chi connectivity index (χ1n) is 8.05. The minimum atomic E-state index is -0.0283. The van der Waals surface area contributed by atoms with Crippen LogP contribution < -0.4 is 4.90 Å². The van der Waals surface area contributed by atoms with Gasteiger partial charge >= 0.3 is 0 Å². The number of likely N-dealkylation sites (tertiary alicyclic amines) is 1. The molecule has 6 heteroatoms. The molecule has 3 rings (SSSR count). The highest BCUT2D eigenvalue weighted by atomic mass is 35.5. The summed E-state index contributed by atoms with van der Waals surface area (Å²) in [5.41, 5.74) is 0. The summed E-state index contributed by atoms with van der Waals surface area (Å²) in [7, 11) is 0. The van der Waals surface area contributed by atoms with E-state index in [4.69, 9.17) is 11.6 Å². The second-order valence-corrected chi connectivity index (χ2v) is 6.45. The summed E-state index contributed by atoms with van der Waals surface area (Å²) in [6.45, 7) is 7.33. The summed E-state index contributed by atoms with van der Waals surface area (Å²) in [6, 6.07) is 3.69. The van der Waals surface area contributed by atoms with Crippen molar-refractivity contribution in [3.05, 3.63) is 23.4 Å². The number of nitrogens with zero attached hydrogens (tertiary/aromatic N) is 4. The number of rotatable bonds is 3. The first kappa shape index (κ1) is 15.6. The maximum atomic E-state index is 12.5. The van der Waals surface area contributed by atoms with Crippen LogP contribution in [0.25, 0.3) is 0 Å². The van der Waals surface area contributed by atoms with Gasteiger partial charge in [0.05, 0.1) is 11.1 Å². The van der Waals surface area contributed by atoms with Crippen molar-refractivity contribution in [2.24, 2.45) is 0 Å². The fourth-order valence-electron chi connectivity index (χ4n) is 3.29. The van der Waals surface area contributed by atoms with Gasteiger partial charge in [-0.25, -0.2) is 4.98 Å². The van der Waals surface area contributed by atoms with Crippen molar-refractivity contribution in [2.45, 2.75) is 25.8 Å². The highest BCUT2D eigenvalue weighted by molar-refractivity contribution is 6.32. The highest BCUT2D eigenvalue weighted by Crippen LogP contribution is 2.24. The summed E-state index contributed by atoms with van der Waals surface area (Å²) < 4.78 is 0. The summed E-state index contributed by atoms with van der Waals surface area (Å²) >= 11 is 6.21. The van der Waals surface area contributed by atoms with Crippen molar-refractivity contribution in [3.63, 3.8) is 0 Å². The molecule has 1 amide bonds. The van der Waals surface area contributed by atoms with Crippen molar-refractivity contribution < 1.29 is 4.79 Å². The fraction of sp³-hybridized carbons (Fsp3) is 0.625. The molecule has 0 saturated carbocycles. The lowest BCUT2D eigenvalue weighted by Gasteiger charge is -2.39. The maximum Gasteiger partial charge on any atom is 0.239 e. The molecule has 120 valence electrons. The second kappa shape index (κ2) is 6.84. The van der Waals surface area contributed by atoms with E-state index in [1.165, 1.54) is 0 Å². The number of piperazine rings is 1. The van der Waals surface area contributed by atoms with E-state index in [2.05, 4.69) is 14.8 Å². The van der Waals surface area contributed by atoms with Crippen LogP contribution in [0, 0.1) is 0 Å². The van der Waals surface area contributed by atoms with Crippen molar-refractivity contribution in [2.75, 3.05) is 44.2 Å². The van der Waals surface area contributed by atoms with Crippen LogP contribution in [0.3, 0.4) is 0 Å². The molecule has 5 nitrogen and oxygen atoms in total. The van der Waals surface area contributed by atoms with Gasteiger partial charge in [-0.05, 0) is 31.9 Å². The number of anilines is 1. The summed E-state index contributed by atoms with van der Waals surface area (Å²) in [6.07, 6.45) is 4.06. The van der Waals surface area contributed by atoms with Gasteiger partial charge in [-0.1, -0.05) is 11.6 Å². The molecule has 0 bridgehead atoms. The number of carbonyl (C=O) groups is 1. The topological polar surface area (TPSA) is 39.7 Å². The van der Waals surface area contributed by atoms with Gasteiger partial charge < -0.3 is 9.80 Å². The van der Waals surface area contributed by atoms with Gasteiger partial charge in [0.1, 0.15) is 5.82 Å². The molecule has 2 aliphatic rings. The second-order valence-electron chi connectivity index (χ2n) is 6.04. The number of aromatic nitrogens is 1. The molecule has 22 heavy (non-hydrogen) atoms. The maximum absolute atomic E-state index is 12.5. The van der Waals surface area contributed by atoms with E-state index >= 15 is 0 Å². The molecule has 1 unspecified atom stereocenters. The van der Waals surface area contributed by atoms with Gasteiger partial charge in [-0.15, -0.1) is 0 Å². The summed E-state index contributed by atoms with van der Waals surface area (Å²) in [5.74, 6) is 1.13. The van der Waals surface area contributed by atoms with E-state index < -0.39 is 0 Å². The van der Waals surface area contributed by atoms with Crippen LogP contribution in [0.15, 0.2) is 18.3 Å². The predicted octanol–water partition coefficient (Wildman–Crippen LogP) is 1.87. The van der Waals surface area contributed by atoms with Crippen molar-refractivity contribution >= 4 is 23.3 Å². The fourth-order valence-corrected chi connectivity index (χ4v) is 3.53. The Morgan fingerprint density at radius 1 is 1.18 bits per heavy atom. The summed E-state index contributed by atoms with van der Waals surface area (Å²) in [4.78, 5) is 23.3. The lowest BCUT2D eigenvalue weighted by Crippen LogP contribution is -2.54. The van der Waals surface area contributed by atoms with Crippen molar-refractivity contribution in [1.29, 1.82) is 0 Å². The van der Waals surface area contributed by atoms with Crippen molar-refractivity contribution in [1.82, 2.24) is 14.8 Å². The van der Waals surface area contributed by atoms with Crippen LogP contribution >= 0.6 is 11.6 Å². The number of halogens is 1. The Labute approximate surface area is 136 Å². The van der Waals surface area contributed by atoms with E-state index in [1.807, 2.05) is 24.0 Å². The number of amides is 1. The molecule has 0 spiro atoms. The van der Waals surface area contributed by atoms with Gasteiger partial charge in [0.2, 0.25) is 5.91 Å². The Morgan fingerprint density at radius 2 is 1.86 bits per heavy atom. The Hall–Kier alpha value is -1.33. The van der Waals surface area contributed by atoms with E-state index in [0.717, 1.165) is 57.9 Å². The molecule has 0 N–H and O–H groups in total. The largest absolute Gasteiger partial charge is 0.353 e. The molecule has 2 saturated heterocycles. The third-order valence-electron chi connectivity index (χ3n) is 4.68. The Balaban J connectivity index is 1.57. The Bertz CT molecular complexity index is 525. The molecule has 2 aliphatic heterocycles. The van der Waals surface area contributed by atoms with Gasteiger partial charge in [0, 0.05) is 45.5 Å². The zero-order chi connectivity index (χ0) is 15.5. The van der Waals surface area contributed by atoms with Gasteiger partial charge in [-0.2, -0.15) is 0 Å². The minimum absolute atomic E-state index is 0.0283. The SMILES string of the molecule is CC(C(=O)N1CCCC1)N1CCN(c2ncccc2Cl)CC1. The molecule has 0 radical (unpaired) electrons. The number of hydrogen-bond donors (Lipinski definition) is 0. The van der Waals surface area contributed by atoms with Crippen LogP contribution in [-0.4, -0.2) is 66.0 Å². The third-order valence-corrected chi connectivity index (χ3v) is 4.97. The molecule has 1 aromatic rings. The highest BCUT2D eigenvalue weighted by Gasteiger charge is 2.30. The zero-order valence-electron chi connectivity index (χ0n) is 13.0. The number of carbonyl (C=O) groups excluding carboxylic acids is 1. The average Bonchev–Trinajstić information content (AvgIpc) is 3.09. The lowest BCUT2D eigenvalue weighted by molar-refractivity contribution is -0.135. The van der Waals surface area contributed by atoms with Crippen LogP contribution in [0.5, 0.6) is 0 Å². The molecule has 1 atom stereocenters. The lowest BCUT2D eigenvalue weighted by atomic mass is 10.2. The van der Waals surface area contributed by atoms with Gasteiger partial charge in [0.25, 0.3) is 0 Å². The predicted molar refractivity (Wildman–Crippen MR) is 88.3 cm³/mol. The van der Waals surface area contributed by atoms with E-state index in [0.29, 0.717) is 5.02 Å². The first-order chi connectivity index (χ1) is 10.7. The zero-order valence-corrected chi connectivity index (χ0v) is 13.8. The molecule has 1 aromatic heterocycles. The first-order valence-corrected chi connectivity index (χ1v) is 8.43. The molecular formula is C16H23ClN4O. The van der Waals surface area contributed by atoms with E-state index in [9.17, 15) is 4.79 Å². The monoisotopic (exact) mass is 322 g/mol. The van der Waals surface area contributed by atoms with E-state index in [-0.39, 0.29) is 11.9 Å². The molecule has 0 aliphatic carbocycles. The normalized spacial score (nSPS) is 21.2. The number of pyridine rings is 1. The van der Waals surface area contributed by atoms with Crippen LogP contribution in [0.1, 0.15) is 19.8 Å². The van der Waals surface area contributed by atoms with Gasteiger partial charge in [0.15, 0.2) is 0 Å².